The third-order valence-electron chi connectivity index (χ3n) is 3.36. The van der Waals surface area contributed by atoms with Crippen molar-refractivity contribution in [3.8, 4) is 5.69 Å². The van der Waals surface area contributed by atoms with Gasteiger partial charge in [-0.3, -0.25) is 14.5 Å². The van der Waals surface area contributed by atoms with E-state index in [-0.39, 0.29) is 5.69 Å². The second-order valence-electron chi connectivity index (χ2n) is 4.93. The van der Waals surface area contributed by atoms with Gasteiger partial charge in [0.05, 0.1) is 11.9 Å². The second-order valence-corrected chi connectivity index (χ2v) is 5.37. The summed E-state index contributed by atoms with van der Waals surface area (Å²) < 4.78 is 3.16. The van der Waals surface area contributed by atoms with Crippen molar-refractivity contribution >= 4 is 29.1 Å². The number of rotatable bonds is 3. The number of anilines is 1. The SMILES string of the molecule is O=C(Nc1nnc2ccccn12)c1cn(-c2ccc(Cl)cc2)nn1. The van der Waals surface area contributed by atoms with Gasteiger partial charge in [-0.2, -0.15) is 0 Å². The first-order chi connectivity index (χ1) is 11.7. The quantitative estimate of drug-likeness (QED) is 0.618. The standard InChI is InChI=1S/C15H10ClN7O/c16-10-4-6-11(7-5-10)23-9-12(18-21-23)14(24)17-15-20-19-13-3-1-2-8-22(13)15/h1-9H,(H,17,20,24). The lowest BCUT2D eigenvalue weighted by Crippen LogP contribution is -2.14. The Morgan fingerprint density at radius 3 is 2.71 bits per heavy atom. The summed E-state index contributed by atoms with van der Waals surface area (Å²) in [5.41, 5.74) is 1.55. The average Bonchev–Trinajstić information content (AvgIpc) is 3.23. The largest absolute Gasteiger partial charge is 0.289 e. The number of nitrogens with one attached hydrogen (secondary N) is 1. The van der Waals surface area contributed by atoms with Crippen LogP contribution < -0.4 is 5.32 Å². The van der Waals surface area contributed by atoms with Crippen molar-refractivity contribution in [3.63, 3.8) is 0 Å². The molecule has 24 heavy (non-hydrogen) atoms. The summed E-state index contributed by atoms with van der Waals surface area (Å²) in [5, 5.41) is 19.0. The number of pyridine rings is 1. The van der Waals surface area contributed by atoms with Gasteiger partial charge in [0.2, 0.25) is 5.95 Å². The number of amides is 1. The zero-order valence-corrected chi connectivity index (χ0v) is 12.9. The van der Waals surface area contributed by atoms with Crippen molar-refractivity contribution in [2.45, 2.75) is 0 Å². The Kier molecular flexibility index (Phi) is 3.43. The summed E-state index contributed by atoms with van der Waals surface area (Å²) in [5.74, 6) is -0.106. The number of aromatic nitrogens is 6. The molecule has 4 aromatic rings. The van der Waals surface area contributed by atoms with Gasteiger partial charge < -0.3 is 0 Å². The lowest BCUT2D eigenvalue weighted by atomic mass is 10.3. The monoisotopic (exact) mass is 339 g/mol. The predicted molar refractivity (Wildman–Crippen MR) is 87.3 cm³/mol. The summed E-state index contributed by atoms with van der Waals surface area (Å²) in [7, 11) is 0. The van der Waals surface area contributed by atoms with E-state index >= 15 is 0 Å². The lowest BCUT2D eigenvalue weighted by molar-refractivity contribution is 0.102. The maximum absolute atomic E-state index is 12.3. The Balaban J connectivity index is 1.58. The molecule has 1 amide bonds. The van der Waals surface area contributed by atoms with Crippen LogP contribution in [0.4, 0.5) is 5.95 Å². The minimum atomic E-state index is -0.423. The number of fused-ring (bicyclic) bond motifs is 1. The summed E-state index contributed by atoms with van der Waals surface area (Å²) in [4.78, 5) is 12.3. The molecule has 0 saturated heterocycles. The molecule has 4 rings (SSSR count). The summed E-state index contributed by atoms with van der Waals surface area (Å²) >= 11 is 5.86. The van der Waals surface area contributed by atoms with Gasteiger partial charge in [-0.15, -0.1) is 15.3 Å². The van der Waals surface area contributed by atoms with Crippen molar-refractivity contribution in [1.29, 1.82) is 0 Å². The smallest absolute Gasteiger partial charge is 0.280 e. The molecular formula is C15H10ClN7O. The first-order valence-electron chi connectivity index (χ1n) is 7.00. The summed E-state index contributed by atoms with van der Waals surface area (Å²) in [6.07, 6.45) is 3.29. The van der Waals surface area contributed by atoms with Gasteiger partial charge in [0.15, 0.2) is 11.3 Å². The van der Waals surface area contributed by atoms with E-state index in [1.807, 2.05) is 12.1 Å². The topological polar surface area (TPSA) is 90.0 Å². The van der Waals surface area contributed by atoms with Crippen molar-refractivity contribution < 1.29 is 4.79 Å². The Labute approximate surface area is 140 Å². The molecule has 9 heteroatoms. The highest BCUT2D eigenvalue weighted by Crippen LogP contribution is 2.13. The molecule has 0 saturated carbocycles. The van der Waals surface area contributed by atoms with E-state index in [9.17, 15) is 4.79 Å². The highest BCUT2D eigenvalue weighted by atomic mass is 35.5. The molecule has 3 aromatic heterocycles. The Bertz CT molecular complexity index is 1020. The van der Waals surface area contributed by atoms with E-state index in [1.54, 1.807) is 40.9 Å². The van der Waals surface area contributed by atoms with E-state index in [0.29, 0.717) is 16.6 Å². The number of benzene rings is 1. The minimum Gasteiger partial charge on any atom is -0.289 e. The number of halogens is 1. The number of carbonyl (C=O) groups is 1. The van der Waals surface area contributed by atoms with Crippen LogP contribution >= 0.6 is 11.6 Å². The van der Waals surface area contributed by atoms with Crippen LogP contribution in [0.3, 0.4) is 0 Å². The van der Waals surface area contributed by atoms with Crippen molar-refractivity contribution in [1.82, 2.24) is 29.6 Å². The maximum Gasteiger partial charge on any atom is 0.280 e. The Hall–Kier alpha value is -3.26. The predicted octanol–water partition coefficient (Wildman–Crippen LogP) is 2.22. The van der Waals surface area contributed by atoms with Gasteiger partial charge >= 0.3 is 0 Å². The van der Waals surface area contributed by atoms with Crippen LogP contribution in [0.15, 0.2) is 54.9 Å². The molecule has 3 heterocycles. The molecular weight excluding hydrogens is 330 g/mol. The molecule has 0 spiro atoms. The van der Waals surface area contributed by atoms with E-state index in [4.69, 9.17) is 11.6 Å². The first kappa shape index (κ1) is 14.3. The van der Waals surface area contributed by atoms with Gasteiger partial charge in [-0.1, -0.05) is 22.9 Å². The zero-order chi connectivity index (χ0) is 16.5. The Morgan fingerprint density at radius 2 is 1.88 bits per heavy atom. The number of carbonyl (C=O) groups excluding carboxylic acids is 1. The molecule has 0 atom stereocenters. The van der Waals surface area contributed by atoms with Crippen LogP contribution in [-0.2, 0) is 0 Å². The molecule has 1 N–H and O–H groups in total. The average molecular weight is 340 g/mol. The van der Waals surface area contributed by atoms with Crippen LogP contribution in [0.2, 0.25) is 5.02 Å². The van der Waals surface area contributed by atoms with Gasteiger partial charge in [0, 0.05) is 11.2 Å². The van der Waals surface area contributed by atoms with Crippen LogP contribution in [0.5, 0.6) is 0 Å². The second kappa shape index (κ2) is 5.74. The fraction of sp³-hybridized carbons (Fsp3) is 0. The van der Waals surface area contributed by atoms with Crippen LogP contribution in [0.25, 0.3) is 11.3 Å². The van der Waals surface area contributed by atoms with E-state index in [0.717, 1.165) is 5.69 Å². The first-order valence-corrected chi connectivity index (χ1v) is 7.38. The van der Waals surface area contributed by atoms with Crippen LogP contribution in [-0.4, -0.2) is 35.5 Å². The van der Waals surface area contributed by atoms with Crippen LogP contribution in [0, 0.1) is 0 Å². The third-order valence-corrected chi connectivity index (χ3v) is 3.61. The molecule has 0 unspecified atom stereocenters. The van der Waals surface area contributed by atoms with E-state index in [1.165, 1.54) is 10.9 Å². The van der Waals surface area contributed by atoms with E-state index in [2.05, 4.69) is 25.8 Å². The van der Waals surface area contributed by atoms with Crippen molar-refractivity contribution in [2.24, 2.45) is 0 Å². The van der Waals surface area contributed by atoms with Crippen molar-refractivity contribution in [3.05, 3.63) is 65.6 Å². The minimum absolute atomic E-state index is 0.164. The molecule has 0 fully saturated rings. The molecule has 0 bridgehead atoms. The maximum atomic E-state index is 12.3. The fourth-order valence-electron chi connectivity index (χ4n) is 2.18. The molecule has 1 aromatic carbocycles. The Morgan fingerprint density at radius 1 is 1.04 bits per heavy atom. The highest BCUT2D eigenvalue weighted by Gasteiger charge is 2.15. The number of nitrogens with zero attached hydrogens (tertiary/aromatic N) is 6. The third kappa shape index (κ3) is 2.59. The highest BCUT2D eigenvalue weighted by molar-refractivity contribution is 6.30. The van der Waals surface area contributed by atoms with E-state index < -0.39 is 5.91 Å². The van der Waals surface area contributed by atoms with Gasteiger partial charge in [0.1, 0.15) is 0 Å². The van der Waals surface area contributed by atoms with Gasteiger partial charge in [0.25, 0.3) is 5.91 Å². The summed E-state index contributed by atoms with van der Waals surface area (Å²) in [6.45, 7) is 0. The molecule has 118 valence electrons. The molecule has 0 aliphatic heterocycles. The molecule has 0 radical (unpaired) electrons. The summed E-state index contributed by atoms with van der Waals surface area (Å²) in [6, 6.07) is 12.5. The van der Waals surface area contributed by atoms with Gasteiger partial charge in [-0.05, 0) is 36.4 Å². The fourth-order valence-corrected chi connectivity index (χ4v) is 2.31. The number of hydrogen-bond donors (Lipinski definition) is 1. The number of hydrogen-bond acceptors (Lipinski definition) is 5. The zero-order valence-electron chi connectivity index (χ0n) is 12.2. The van der Waals surface area contributed by atoms with Crippen molar-refractivity contribution in [2.75, 3.05) is 5.32 Å². The molecule has 0 aliphatic rings. The molecule has 8 nitrogen and oxygen atoms in total. The lowest BCUT2D eigenvalue weighted by Gasteiger charge is -2.00. The molecule has 0 aliphatic carbocycles. The van der Waals surface area contributed by atoms with Crippen LogP contribution in [0.1, 0.15) is 10.5 Å². The van der Waals surface area contributed by atoms with Gasteiger partial charge in [-0.25, -0.2) is 4.68 Å². The normalized spacial score (nSPS) is 10.9.